The first-order valence-electron chi connectivity index (χ1n) is 11.7. The first-order valence-corrected chi connectivity index (χ1v) is 13.2. The zero-order valence-corrected chi connectivity index (χ0v) is 20.9. The minimum atomic E-state index is -3.62. The molecule has 3 amide bonds. The smallest absolute Gasteiger partial charge is 0.315 e. The van der Waals surface area contributed by atoms with E-state index in [-0.39, 0.29) is 22.9 Å². The maximum Gasteiger partial charge on any atom is 0.315 e. The highest BCUT2D eigenvalue weighted by atomic mass is 32.2. The third-order valence-electron chi connectivity index (χ3n) is 5.72. The van der Waals surface area contributed by atoms with Crippen LogP contribution < -0.4 is 16.0 Å². The molecular formula is C25H34N4O4S. The fourth-order valence-electron chi connectivity index (χ4n) is 3.85. The molecule has 0 aliphatic carbocycles. The molecule has 1 aliphatic heterocycles. The summed E-state index contributed by atoms with van der Waals surface area (Å²) in [6.07, 6.45) is 3.81. The summed E-state index contributed by atoms with van der Waals surface area (Å²) in [5, 5.41) is 8.32. The minimum absolute atomic E-state index is 0.0488. The van der Waals surface area contributed by atoms with Crippen LogP contribution in [-0.2, 0) is 16.6 Å². The van der Waals surface area contributed by atoms with Gasteiger partial charge >= 0.3 is 6.03 Å². The van der Waals surface area contributed by atoms with E-state index < -0.39 is 10.0 Å². The van der Waals surface area contributed by atoms with E-state index in [0.717, 1.165) is 31.2 Å². The summed E-state index contributed by atoms with van der Waals surface area (Å²) in [5.74, 6) is -0.334. The summed E-state index contributed by atoms with van der Waals surface area (Å²) in [6.45, 7) is 6.93. The van der Waals surface area contributed by atoms with E-state index >= 15 is 0 Å². The van der Waals surface area contributed by atoms with Crippen LogP contribution in [0.25, 0.3) is 0 Å². The fourth-order valence-corrected chi connectivity index (χ4v) is 5.62. The van der Waals surface area contributed by atoms with Gasteiger partial charge in [-0.25, -0.2) is 13.2 Å². The second-order valence-electron chi connectivity index (χ2n) is 8.93. The van der Waals surface area contributed by atoms with Gasteiger partial charge in [0.05, 0.1) is 4.90 Å². The number of hydrogen-bond acceptors (Lipinski definition) is 4. The second kappa shape index (κ2) is 11.5. The number of aryl methyl sites for hydroxylation is 1. The van der Waals surface area contributed by atoms with Gasteiger partial charge in [0.1, 0.15) is 0 Å². The van der Waals surface area contributed by atoms with E-state index in [4.69, 9.17) is 0 Å². The topological polar surface area (TPSA) is 108 Å². The van der Waals surface area contributed by atoms with Crippen LogP contribution in [0.4, 0.5) is 10.5 Å². The number of rotatable bonds is 7. The molecule has 1 fully saturated rings. The summed E-state index contributed by atoms with van der Waals surface area (Å²) < 4.78 is 28.1. The van der Waals surface area contributed by atoms with Gasteiger partial charge in [0.15, 0.2) is 0 Å². The molecular weight excluding hydrogens is 452 g/mol. The Labute approximate surface area is 202 Å². The molecule has 0 spiro atoms. The van der Waals surface area contributed by atoms with Crippen LogP contribution in [0.1, 0.15) is 61.0 Å². The number of carbonyl (C=O) groups excluding carboxylic acids is 2. The Hall–Kier alpha value is -2.91. The van der Waals surface area contributed by atoms with Gasteiger partial charge in [0.2, 0.25) is 10.0 Å². The van der Waals surface area contributed by atoms with Gasteiger partial charge in [-0.3, -0.25) is 4.79 Å². The summed E-state index contributed by atoms with van der Waals surface area (Å²) in [6, 6.07) is 11.7. The Morgan fingerprint density at radius 1 is 0.971 bits per heavy atom. The van der Waals surface area contributed by atoms with Crippen molar-refractivity contribution < 1.29 is 18.0 Å². The molecule has 0 aromatic heterocycles. The van der Waals surface area contributed by atoms with Crippen molar-refractivity contribution in [1.29, 1.82) is 0 Å². The molecule has 1 heterocycles. The highest BCUT2D eigenvalue weighted by Gasteiger charge is 2.27. The van der Waals surface area contributed by atoms with Gasteiger partial charge in [0.25, 0.3) is 5.91 Å². The van der Waals surface area contributed by atoms with Crippen molar-refractivity contribution in [3.05, 3.63) is 59.2 Å². The predicted molar refractivity (Wildman–Crippen MR) is 133 cm³/mol. The first kappa shape index (κ1) is 25.7. The van der Waals surface area contributed by atoms with Crippen molar-refractivity contribution in [2.75, 3.05) is 18.4 Å². The van der Waals surface area contributed by atoms with Crippen LogP contribution in [0, 0.1) is 6.92 Å². The van der Waals surface area contributed by atoms with Crippen molar-refractivity contribution >= 4 is 27.6 Å². The van der Waals surface area contributed by atoms with E-state index in [1.54, 1.807) is 53.7 Å². The third-order valence-corrected chi connectivity index (χ3v) is 7.76. The molecule has 2 aromatic carbocycles. The van der Waals surface area contributed by atoms with Crippen molar-refractivity contribution in [2.24, 2.45) is 0 Å². The molecule has 8 nitrogen and oxygen atoms in total. The van der Waals surface area contributed by atoms with Crippen molar-refractivity contribution in [3.8, 4) is 0 Å². The Bertz CT molecular complexity index is 1110. The van der Waals surface area contributed by atoms with Gasteiger partial charge in [-0.1, -0.05) is 31.0 Å². The molecule has 1 saturated heterocycles. The van der Waals surface area contributed by atoms with Crippen LogP contribution in [0.5, 0.6) is 0 Å². The second-order valence-corrected chi connectivity index (χ2v) is 10.8. The average molecular weight is 487 g/mol. The van der Waals surface area contributed by atoms with E-state index in [9.17, 15) is 18.0 Å². The Kier molecular flexibility index (Phi) is 8.68. The molecule has 3 rings (SSSR count). The van der Waals surface area contributed by atoms with E-state index in [1.807, 2.05) is 13.8 Å². The molecule has 0 bridgehead atoms. The maximum absolute atomic E-state index is 13.3. The Morgan fingerprint density at radius 3 is 2.24 bits per heavy atom. The molecule has 1 aliphatic rings. The van der Waals surface area contributed by atoms with Crippen LogP contribution in [-0.4, -0.2) is 43.8 Å². The Balaban J connectivity index is 1.67. The third kappa shape index (κ3) is 6.80. The van der Waals surface area contributed by atoms with Crippen molar-refractivity contribution in [3.63, 3.8) is 0 Å². The van der Waals surface area contributed by atoms with Gasteiger partial charge < -0.3 is 16.0 Å². The lowest BCUT2D eigenvalue weighted by Crippen LogP contribution is -2.39. The highest BCUT2D eigenvalue weighted by Crippen LogP contribution is 2.26. The number of nitrogens with one attached hydrogen (secondary N) is 3. The maximum atomic E-state index is 13.3. The summed E-state index contributed by atoms with van der Waals surface area (Å²) >= 11 is 0. The predicted octanol–water partition coefficient (Wildman–Crippen LogP) is 4.02. The molecule has 3 N–H and O–H groups in total. The number of anilines is 1. The first-order chi connectivity index (χ1) is 16.2. The van der Waals surface area contributed by atoms with E-state index in [1.165, 1.54) is 0 Å². The van der Waals surface area contributed by atoms with E-state index in [2.05, 4.69) is 16.0 Å². The summed E-state index contributed by atoms with van der Waals surface area (Å²) in [5.41, 5.74) is 2.38. The number of amides is 3. The SMILES string of the molecule is Cc1ccc(NC(=O)c2ccc(CNC(=O)NC(C)C)cc2)cc1S(=O)(=O)N1CCCCCC1. The quantitative estimate of drug-likeness (QED) is 0.549. The number of nitrogens with zero attached hydrogens (tertiary/aromatic N) is 1. The highest BCUT2D eigenvalue weighted by molar-refractivity contribution is 7.89. The van der Waals surface area contributed by atoms with Gasteiger partial charge in [-0.2, -0.15) is 4.31 Å². The largest absolute Gasteiger partial charge is 0.336 e. The van der Waals surface area contributed by atoms with E-state index in [0.29, 0.717) is 36.4 Å². The zero-order chi connectivity index (χ0) is 24.7. The fraction of sp³-hybridized carbons (Fsp3) is 0.440. The van der Waals surface area contributed by atoms with Crippen molar-refractivity contribution in [1.82, 2.24) is 14.9 Å². The lowest BCUT2D eigenvalue weighted by atomic mass is 10.1. The van der Waals surface area contributed by atoms with Crippen LogP contribution in [0.2, 0.25) is 0 Å². The van der Waals surface area contributed by atoms with Gasteiger partial charge in [0, 0.05) is 36.9 Å². The number of urea groups is 1. The standard InChI is InChI=1S/C25H34N4O4S/c1-18(2)27-25(31)26-17-20-9-11-21(12-10-20)24(30)28-22-13-8-19(3)23(16-22)34(32,33)29-14-6-4-5-7-15-29/h8-13,16,18H,4-7,14-15,17H2,1-3H3,(H,28,30)(H2,26,27,31). The molecule has 0 saturated carbocycles. The number of carbonyl (C=O) groups is 2. The number of sulfonamides is 1. The zero-order valence-electron chi connectivity index (χ0n) is 20.1. The normalized spacial score (nSPS) is 14.9. The lowest BCUT2D eigenvalue weighted by Gasteiger charge is -2.21. The molecule has 0 atom stereocenters. The van der Waals surface area contributed by atoms with Crippen LogP contribution in [0.3, 0.4) is 0 Å². The monoisotopic (exact) mass is 486 g/mol. The summed E-state index contributed by atoms with van der Waals surface area (Å²) in [4.78, 5) is 24.7. The minimum Gasteiger partial charge on any atom is -0.336 e. The van der Waals surface area contributed by atoms with Gasteiger partial charge in [-0.15, -0.1) is 0 Å². The summed E-state index contributed by atoms with van der Waals surface area (Å²) in [7, 11) is -3.62. The van der Waals surface area contributed by atoms with Crippen LogP contribution >= 0.6 is 0 Å². The molecule has 9 heteroatoms. The van der Waals surface area contributed by atoms with Gasteiger partial charge in [-0.05, 0) is 69.0 Å². The molecule has 2 aromatic rings. The molecule has 0 unspecified atom stereocenters. The molecule has 34 heavy (non-hydrogen) atoms. The lowest BCUT2D eigenvalue weighted by molar-refractivity contribution is 0.102. The Morgan fingerprint density at radius 2 is 1.62 bits per heavy atom. The number of benzene rings is 2. The van der Waals surface area contributed by atoms with Crippen molar-refractivity contribution in [2.45, 2.75) is 63.9 Å². The van der Waals surface area contributed by atoms with Crippen LogP contribution in [0.15, 0.2) is 47.4 Å². The molecule has 0 radical (unpaired) electrons. The molecule has 184 valence electrons. The average Bonchev–Trinajstić information content (AvgIpc) is 3.09. The number of hydrogen-bond donors (Lipinski definition) is 3.